The molecule has 20 heavy (non-hydrogen) atoms. The number of benzene rings is 1. The number of para-hydroxylation sites is 1. The zero-order valence-corrected chi connectivity index (χ0v) is 14.9. The number of amides is 1. The summed E-state index contributed by atoms with van der Waals surface area (Å²) in [5, 5.41) is 0. The van der Waals surface area contributed by atoms with Crippen molar-refractivity contribution in [1.29, 1.82) is 0 Å². The van der Waals surface area contributed by atoms with Gasteiger partial charge in [-0.3, -0.25) is 4.79 Å². The second-order valence-electron chi connectivity index (χ2n) is 5.09. The summed E-state index contributed by atoms with van der Waals surface area (Å²) in [7, 11) is 0. The second kappa shape index (κ2) is 5.62. The molecule has 0 fully saturated rings. The summed E-state index contributed by atoms with van der Waals surface area (Å²) < 4.78 is 1.89. The van der Waals surface area contributed by atoms with Gasteiger partial charge < -0.3 is 4.90 Å². The highest BCUT2D eigenvalue weighted by molar-refractivity contribution is 9.13. The SMILES string of the molecule is CC1Cc2ccccc2N(C(=O)c2cc(Br)c(Br)s2)C1. The Balaban J connectivity index is 1.99. The van der Waals surface area contributed by atoms with E-state index in [4.69, 9.17) is 0 Å². The molecule has 1 aliphatic heterocycles. The van der Waals surface area contributed by atoms with Crippen molar-refractivity contribution in [2.45, 2.75) is 13.3 Å². The summed E-state index contributed by atoms with van der Waals surface area (Å²) in [6.07, 6.45) is 1.04. The molecule has 1 aromatic carbocycles. The Hall–Kier alpha value is -0.650. The van der Waals surface area contributed by atoms with Gasteiger partial charge in [0.15, 0.2) is 0 Å². The van der Waals surface area contributed by atoms with E-state index in [0.717, 1.165) is 31.8 Å². The summed E-state index contributed by atoms with van der Waals surface area (Å²) in [6, 6.07) is 10.1. The van der Waals surface area contributed by atoms with Gasteiger partial charge >= 0.3 is 0 Å². The van der Waals surface area contributed by atoms with Crippen LogP contribution in [0.4, 0.5) is 5.69 Å². The van der Waals surface area contributed by atoms with Crippen LogP contribution in [-0.2, 0) is 6.42 Å². The minimum Gasteiger partial charge on any atom is -0.307 e. The number of hydrogen-bond acceptors (Lipinski definition) is 2. The van der Waals surface area contributed by atoms with Crippen molar-refractivity contribution >= 4 is 54.8 Å². The highest BCUT2D eigenvalue weighted by Crippen LogP contribution is 2.36. The lowest BCUT2D eigenvalue weighted by Gasteiger charge is -2.32. The molecule has 1 amide bonds. The van der Waals surface area contributed by atoms with Gasteiger partial charge in [0, 0.05) is 16.7 Å². The molecule has 0 bridgehead atoms. The van der Waals surface area contributed by atoms with Crippen LogP contribution < -0.4 is 4.90 Å². The van der Waals surface area contributed by atoms with Crippen molar-refractivity contribution < 1.29 is 4.79 Å². The second-order valence-corrected chi connectivity index (χ2v) is 8.31. The number of halogens is 2. The van der Waals surface area contributed by atoms with Gasteiger partial charge in [-0.05, 0) is 61.9 Å². The van der Waals surface area contributed by atoms with E-state index in [2.05, 4.69) is 44.8 Å². The number of carbonyl (C=O) groups excluding carboxylic acids is 1. The maximum Gasteiger partial charge on any atom is 0.268 e. The average Bonchev–Trinajstić information content (AvgIpc) is 2.77. The van der Waals surface area contributed by atoms with Crippen molar-refractivity contribution in [3.8, 4) is 0 Å². The molecular formula is C15H13Br2NOS. The van der Waals surface area contributed by atoms with Gasteiger partial charge in [0.25, 0.3) is 5.91 Å². The molecule has 0 N–H and O–H groups in total. The first-order valence-corrected chi connectivity index (χ1v) is 8.81. The van der Waals surface area contributed by atoms with E-state index in [9.17, 15) is 4.79 Å². The highest BCUT2D eigenvalue weighted by atomic mass is 79.9. The van der Waals surface area contributed by atoms with E-state index in [0.29, 0.717) is 5.92 Å². The lowest BCUT2D eigenvalue weighted by molar-refractivity contribution is 0.0985. The largest absolute Gasteiger partial charge is 0.307 e. The van der Waals surface area contributed by atoms with Gasteiger partial charge in [0.2, 0.25) is 0 Å². The number of fused-ring (bicyclic) bond motifs is 1. The molecule has 104 valence electrons. The molecule has 1 atom stereocenters. The van der Waals surface area contributed by atoms with Crippen LogP contribution >= 0.6 is 43.2 Å². The molecule has 1 unspecified atom stereocenters. The first-order valence-electron chi connectivity index (χ1n) is 6.41. The standard InChI is InChI=1S/C15H13Br2NOS/c1-9-6-10-4-2-3-5-12(10)18(8-9)15(19)13-7-11(16)14(17)20-13/h2-5,7,9H,6,8H2,1H3. The Morgan fingerprint density at radius 1 is 1.35 bits per heavy atom. The van der Waals surface area contributed by atoms with E-state index in [1.807, 2.05) is 29.2 Å². The third-order valence-corrected chi connectivity index (χ3v) is 6.69. The van der Waals surface area contributed by atoms with Crippen LogP contribution in [0.3, 0.4) is 0 Å². The van der Waals surface area contributed by atoms with E-state index in [1.165, 1.54) is 16.9 Å². The molecule has 0 radical (unpaired) electrons. The van der Waals surface area contributed by atoms with E-state index in [-0.39, 0.29) is 5.91 Å². The fraction of sp³-hybridized carbons (Fsp3) is 0.267. The summed E-state index contributed by atoms with van der Waals surface area (Å²) in [5.41, 5.74) is 2.31. The van der Waals surface area contributed by atoms with E-state index >= 15 is 0 Å². The number of nitrogens with zero attached hydrogens (tertiary/aromatic N) is 1. The van der Waals surface area contributed by atoms with Gasteiger partial charge in [-0.2, -0.15) is 0 Å². The van der Waals surface area contributed by atoms with Gasteiger partial charge in [-0.15, -0.1) is 11.3 Å². The number of carbonyl (C=O) groups is 1. The molecule has 5 heteroatoms. The zero-order valence-electron chi connectivity index (χ0n) is 10.9. The van der Waals surface area contributed by atoms with Gasteiger partial charge in [-0.25, -0.2) is 0 Å². The van der Waals surface area contributed by atoms with Crippen LogP contribution in [0.1, 0.15) is 22.2 Å². The summed E-state index contributed by atoms with van der Waals surface area (Å²) >= 11 is 8.37. The molecule has 1 aliphatic rings. The molecule has 2 aromatic rings. The monoisotopic (exact) mass is 413 g/mol. The number of hydrogen-bond donors (Lipinski definition) is 0. The quantitative estimate of drug-likeness (QED) is 0.634. The van der Waals surface area contributed by atoms with Gasteiger partial charge in [-0.1, -0.05) is 25.1 Å². The summed E-state index contributed by atoms with van der Waals surface area (Å²) in [4.78, 5) is 15.4. The van der Waals surface area contributed by atoms with Crippen LogP contribution in [-0.4, -0.2) is 12.5 Å². The van der Waals surface area contributed by atoms with E-state index < -0.39 is 0 Å². The van der Waals surface area contributed by atoms with Crippen molar-refractivity contribution in [2.24, 2.45) is 5.92 Å². The molecule has 2 heterocycles. The number of thiophene rings is 1. The molecule has 3 rings (SSSR count). The minimum atomic E-state index is 0.0837. The van der Waals surface area contributed by atoms with Crippen molar-refractivity contribution in [2.75, 3.05) is 11.4 Å². The third-order valence-electron chi connectivity index (χ3n) is 3.45. The molecule has 2 nitrogen and oxygen atoms in total. The van der Waals surface area contributed by atoms with Crippen molar-refractivity contribution in [1.82, 2.24) is 0 Å². The van der Waals surface area contributed by atoms with Crippen LogP contribution in [0, 0.1) is 5.92 Å². The predicted molar refractivity (Wildman–Crippen MR) is 90.7 cm³/mol. The Morgan fingerprint density at radius 3 is 2.80 bits per heavy atom. The Labute approximate surface area is 139 Å². The smallest absolute Gasteiger partial charge is 0.268 e. The molecule has 1 aromatic heterocycles. The summed E-state index contributed by atoms with van der Waals surface area (Å²) in [6.45, 7) is 2.97. The minimum absolute atomic E-state index is 0.0837. The van der Waals surface area contributed by atoms with Crippen molar-refractivity contribution in [3.05, 3.63) is 49.0 Å². The molecule has 0 saturated heterocycles. The van der Waals surface area contributed by atoms with Crippen LogP contribution in [0.2, 0.25) is 0 Å². The average molecular weight is 415 g/mol. The number of anilines is 1. The van der Waals surface area contributed by atoms with Crippen LogP contribution in [0.15, 0.2) is 38.6 Å². The molecule has 0 saturated carbocycles. The van der Waals surface area contributed by atoms with Crippen molar-refractivity contribution in [3.63, 3.8) is 0 Å². The maximum absolute atomic E-state index is 12.8. The van der Waals surface area contributed by atoms with Crippen LogP contribution in [0.5, 0.6) is 0 Å². The maximum atomic E-state index is 12.8. The Morgan fingerprint density at radius 2 is 2.10 bits per heavy atom. The lowest BCUT2D eigenvalue weighted by Crippen LogP contribution is -2.38. The van der Waals surface area contributed by atoms with Crippen LogP contribution in [0.25, 0.3) is 0 Å². The highest BCUT2D eigenvalue weighted by Gasteiger charge is 2.28. The zero-order chi connectivity index (χ0) is 14.3. The fourth-order valence-corrected chi connectivity index (χ4v) is 4.56. The predicted octanol–water partition coefficient (Wildman–Crippen LogP) is 5.11. The molecule has 0 spiro atoms. The molecular weight excluding hydrogens is 402 g/mol. The fourth-order valence-electron chi connectivity index (χ4n) is 2.57. The number of rotatable bonds is 1. The third kappa shape index (κ3) is 2.59. The normalized spacial score (nSPS) is 17.9. The Bertz CT molecular complexity index is 648. The van der Waals surface area contributed by atoms with Gasteiger partial charge in [0.05, 0.1) is 8.66 Å². The summed E-state index contributed by atoms with van der Waals surface area (Å²) in [5.74, 6) is 0.570. The first-order chi connectivity index (χ1) is 9.56. The lowest BCUT2D eigenvalue weighted by atomic mass is 9.94. The topological polar surface area (TPSA) is 20.3 Å². The van der Waals surface area contributed by atoms with Gasteiger partial charge in [0.1, 0.15) is 0 Å². The molecule has 0 aliphatic carbocycles. The first kappa shape index (κ1) is 14.3. The van der Waals surface area contributed by atoms with E-state index in [1.54, 1.807) is 0 Å². The Kier molecular flexibility index (Phi) is 4.02.